The maximum atomic E-state index is 13.5. The second kappa shape index (κ2) is 8.50. The third kappa shape index (κ3) is 3.80. The van der Waals surface area contributed by atoms with Crippen molar-refractivity contribution in [2.75, 3.05) is 11.9 Å². The molecule has 1 N–H and O–H groups in total. The normalized spacial score (nSPS) is 18.5. The molecule has 7 heteroatoms. The van der Waals surface area contributed by atoms with Crippen LogP contribution in [0.2, 0.25) is 5.02 Å². The van der Waals surface area contributed by atoms with E-state index in [9.17, 15) is 14.9 Å². The first kappa shape index (κ1) is 20.4. The molecule has 0 spiro atoms. The molecule has 0 bridgehead atoms. The number of hydrogen-bond acceptors (Lipinski definition) is 4. The molecule has 152 valence electrons. The Labute approximate surface area is 183 Å². The number of para-hydroxylation sites is 1. The van der Waals surface area contributed by atoms with E-state index in [4.69, 9.17) is 11.6 Å². The van der Waals surface area contributed by atoms with Crippen molar-refractivity contribution < 1.29 is 9.72 Å². The van der Waals surface area contributed by atoms with E-state index < -0.39 is 10.7 Å². The first-order valence-corrected chi connectivity index (χ1v) is 10.8. The van der Waals surface area contributed by atoms with Crippen LogP contribution in [0.5, 0.6) is 0 Å². The van der Waals surface area contributed by atoms with Crippen molar-refractivity contribution in [1.29, 1.82) is 0 Å². The highest BCUT2D eigenvalue weighted by Crippen LogP contribution is 2.55. The number of hydrogen-bond donors (Lipinski definition) is 1. The van der Waals surface area contributed by atoms with Gasteiger partial charge in [0.25, 0.3) is 0 Å². The number of nitro groups is 1. The van der Waals surface area contributed by atoms with Gasteiger partial charge in [-0.05, 0) is 29.3 Å². The predicted octanol–water partition coefficient (Wildman–Crippen LogP) is 5.48. The summed E-state index contributed by atoms with van der Waals surface area (Å²) >= 11 is 7.48. The van der Waals surface area contributed by atoms with Gasteiger partial charge in [0.1, 0.15) is 4.75 Å². The summed E-state index contributed by atoms with van der Waals surface area (Å²) in [4.78, 5) is 24.8. The summed E-state index contributed by atoms with van der Waals surface area (Å²) in [7, 11) is 0. The standard InChI is InChI=1S/C23H19ClN2O3S/c24-18-12-10-17(11-13-18)20(14-26(28)29)23(30-15-16-6-2-1-3-7-16)19-8-4-5-9-21(19)25-22(23)27/h1-13,20H,14-15H2,(H,25,27)/t20-,23+/m1/s1. The third-order valence-electron chi connectivity index (χ3n) is 5.32. The minimum Gasteiger partial charge on any atom is -0.324 e. The van der Waals surface area contributed by atoms with E-state index in [-0.39, 0.29) is 17.4 Å². The fourth-order valence-electron chi connectivity index (χ4n) is 3.93. The van der Waals surface area contributed by atoms with Crippen LogP contribution in [0.4, 0.5) is 5.69 Å². The quantitative estimate of drug-likeness (QED) is 0.391. The van der Waals surface area contributed by atoms with Gasteiger partial charge in [0, 0.05) is 26.9 Å². The fraction of sp³-hybridized carbons (Fsp3) is 0.174. The summed E-state index contributed by atoms with van der Waals surface area (Å²) in [5, 5.41) is 15.2. The number of carbonyl (C=O) groups is 1. The van der Waals surface area contributed by atoms with E-state index >= 15 is 0 Å². The van der Waals surface area contributed by atoms with Gasteiger partial charge in [0.05, 0.1) is 5.92 Å². The first-order chi connectivity index (χ1) is 14.5. The highest BCUT2D eigenvalue weighted by molar-refractivity contribution is 8.00. The number of amides is 1. The van der Waals surface area contributed by atoms with E-state index in [1.807, 2.05) is 54.6 Å². The molecule has 1 aliphatic rings. The van der Waals surface area contributed by atoms with E-state index in [0.717, 1.165) is 11.1 Å². The number of nitrogens with zero attached hydrogens (tertiary/aromatic N) is 1. The fourth-order valence-corrected chi connectivity index (χ4v) is 5.57. The molecule has 3 aromatic carbocycles. The van der Waals surface area contributed by atoms with Crippen molar-refractivity contribution in [3.8, 4) is 0 Å². The molecule has 1 heterocycles. The van der Waals surface area contributed by atoms with Gasteiger partial charge in [-0.15, -0.1) is 11.8 Å². The van der Waals surface area contributed by atoms with Gasteiger partial charge in [0.15, 0.2) is 0 Å². The molecule has 0 saturated heterocycles. The van der Waals surface area contributed by atoms with Crippen molar-refractivity contribution in [2.45, 2.75) is 16.4 Å². The topological polar surface area (TPSA) is 72.2 Å². The molecular formula is C23H19ClN2O3S. The Kier molecular flexibility index (Phi) is 5.79. The molecule has 30 heavy (non-hydrogen) atoms. The Balaban J connectivity index is 1.85. The zero-order valence-electron chi connectivity index (χ0n) is 16.0. The number of benzene rings is 3. The molecular weight excluding hydrogens is 420 g/mol. The van der Waals surface area contributed by atoms with E-state index in [1.54, 1.807) is 24.3 Å². The molecule has 5 nitrogen and oxygen atoms in total. The number of fused-ring (bicyclic) bond motifs is 1. The molecule has 4 rings (SSSR count). The number of anilines is 1. The molecule has 0 fully saturated rings. The van der Waals surface area contributed by atoms with E-state index in [0.29, 0.717) is 22.0 Å². The second-order valence-electron chi connectivity index (χ2n) is 7.13. The zero-order chi connectivity index (χ0) is 21.1. The van der Waals surface area contributed by atoms with Crippen LogP contribution in [0.3, 0.4) is 0 Å². The second-order valence-corrected chi connectivity index (χ2v) is 8.79. The lowest BCUT2D eigenvalue weighted by Gasteiger charge is -2.34. The molecule has 2 atom stereocenters. The predicted molar refractivity (Wildman–Crippen MR) is 121 cm³/mol. The van der Waals surface area contributed by atoms with Crippen molar-refractivity contribution in [2.24, 2.45) is 0 Å². The molecule has 0 saturated carbocycles. The lowest BCUT2D eigenvalue weighted by atomic mass is 9.81. The molecule has 1 amide bonds. The average molecular weight is 439 g/mol. The maximum Gasteiger partial charge on any atom is 0.246 e. The summed E-state index contributed by atoms with van der Waals surface area (Å²) in [6.07, 6.45) is 0. The van der Waals surface area contributed by atoms with Crippen LogP contribution in [0.15, 0.2) is 78.9 Å². The van der Waals surface area contributed by atoms with Crippen LogP contribution in [-0.4, -0.2) is 17.4 Å². The number of carbonyl (C=O) groups excluding carboxylic acids is 1. The minimum absolute atomic E-state index is 0.230. The minimum atomic E-state index is -1.13. The zero-order valence-corrected chi connectivity index (χ0v) is 17.5. The smallest absolute Gasteiger partial charge is 0.246 e. The highest BCUT2D eigenvalue weighted by atomic mass is 35.5. The van der Waals surface area contributed by atoms with Crippen LogP contribution >= 0.6 is 23.4 Å². The Morgan fingerprint density at radius 1 is 1.00 bits per heavy atom. The van der Waals surface area contributed by atoms with Gasteiger partial charge in [-0.25, -0.2) is 0 Å². The Hall–Kier alpha value is -2.83. The Morgan fingerprint density at radius 3 is 2.37 bits per heavy atom. The van der Waals surface area contributed by atoms with Gasteiger partial charge in [-0.2, -0.15) is 0 Å². The number of nitrogens with one attached hydrogen (secondary N) is 1. The van der Waals surface area contributed by atoms with Crippen LogP contribution in [-0.2, 0) is 15.3 Å². The average Bonchev–Trinajstić information content (AvgIpc) is 3.04. The van der Waals surface area contributed by atoms with Crippen LogP contribution < -0.4 is 5.32 Å². The van der Waals surface area contributed by atoms with Crippen molar-refractivity contribution in [3.63, 3.8) is 0 Å². The SMILES string of the molecule is O=C1Nc2ccccc2[C@]1(SCc1ccccc1)[C@H](C[N+](=O)[O-])c1ccc(Cl)cc1. The number of thioether (sulfide) groups is 1. The summed E-state index contributed by atoms with van der Waals surface area (Å²) < 4.78 is -1.13. The van der Waals surface area contributed by atoms with Gasteiger partial charge in [-0.3, -0.25) is 14.9 Å². The molecule has 0 unspecified atom stereocenters. The van der Waals surface area contributed by atoms with Crippen LogP contribution in [0.1, 0.15) is 22.6 Å². The van der Waals surface area contributed by atoms with Crippen LogP contribution in [0.25, 0.3) is 0 Å². The monoisotopic (exact) mass is 438 g/mol. The van der Waals surface area contributed by atoms with Crippen molar-refractivity contribution in [1.82, 2.24) is 0 Å². The number of halogens is 1. The largest absolute Gasteiger partial charge is 0.324 e. The molecule has 3 aromatic rings. The maximum absolute atomic E-state index is 13.5. The van der Waals surface area contributed by atoms with Crippen LogP contribution in [0, 0.1) is 10.1 Å². The molecule has 1 aliphatic heterocycles. The molecule has 0 aromatic heterocycles. The molecule has 0 radical (unpaired) electrons. The van der Waals surface area contributed by atoms with Gasteiger partial charge < -0.3 is 5.32 Å². The van der Waals surface area contributed by atoms with E-state index in [1.165, 1.54) is 11.8 Å². The van der Waals surface area contributed by atoms with Gasteiger partial charge in [0.2, 0.25) is 12.5 Å². The lowest BCUT2D eigenvalue weighted by molar-refractivity contribution is -0.484. The van der Waals surface area contributed by atoms with Crippen molar-refractivity contribution in [3.05, 3.63) is 111 Å². The third-order valence-corrected chi connectivity index (χ3v) is 7.19. The molecule has 0 aliphatic carbocycles. The van der Waals surface area contributed by atoms with E-state index in [2.05, 4.69) is 5.32 Å². The lowest BCUT2D eigenvalue weighted by Crippen LogP contribution is -2.40. The summed E-state index contributed by atoms with van der Waals surface area (Å²) in [5.74, 6) is -0.349. The highest BCUT2D eigenvalue weighted by Gasteiger charge is 2.55. The first-order valence-electron chi connectivity index (χ1n) is 9.47. The van der Waals surface area contributed by atoms with Gasteiger partial charge >= 0.3 is 0 Å². The summed E-state index contributed by atoms with van der Waals surface area (Å²) in [6, 6.07) is 24.2. The van der Waals surface area contributed by atoms with Crippen molar-refractivity contribution >= 4 is 35.0 Å². The number of rotatable bonds is 7. The summed E-state index contributed by atoms with van der Waals surface area (Å²) in [6.45, 7) is -0.370. The summed E-state index contributed by atoms with van der Waals surface area (Å²) in [5.41, 5.74) is 3.24. The Bertz CT molecular complexity index is 1080. The van der Waals surface area contributed by atoms with Gasteiger partial charge in [-0.1, -0.05) is 72.3 Å². The Morgan fingerprint density at radius 2 is 1.67 bits per heavy atom.